The number of nitrogens with two attached hydrogens (primary N) is 1. The molecule has 1 aromatic rings. The van der Waals surface area contributed by atoms with Crippen LogP contribution in [0.15, 0.2) is 45.7 Å². The third kappa shape index (κ3) is 2.81. The van der Waals surface area contributed by atoms with E-state index >= 15 is 0 Å². The van der Waals surface area contributed by atoms with Gasteiger partial charge in [-0.05, 0) is 54.2 Å². The first-order valence-corrected chi connectivity index (χ1v) is 9.92. The molecule has 4 N–H and O–H groups in total. The molecule has 4 aliphatic rings. The van der Waals surface area contributed by atoms with Gasteiger partial charge in [-0.2, -0.15) is 0 Å². The smallest absolute Gasteiger partial charge is 0.301 e. The van der Waals surface area contributed by atoms with Crippen LogP contribution in [-0.4, -0.2) is 52.8 Å². The van der Waals surface area contributed by atoms with Gasteiger partial charge >= 0.3 is 5.84 Å². The number of carbonyl (C=O) groups is 1. The molecule has 9 nitrogen and oxygen atoms in total. The zero-order valence-corrected chi connectivity index (χ0v) is 16.6. The Balaban J connectivity index is 1.44. The van der Waals surface area contributed by atoms with Crippen molar-refractivity contribution in [2.45, 2.75) is 38.1 Å². The first-order chi connectivity index (χ1) is 13.9. The van der Waals surface area contributed by atoms with Crippen LogP contribution >= 0.6 is 0 Å². The van der Waals surface area contributed by atoms with Crippen molar-refractivity contribution in [1.29, 1.82) is 0 Å². The molecule has 29 heavy (non-hydrogen) atoms. The van der Waals surface area contributed by atoms with Crippen LogP contribution in [-0.2, 0) is 10.2 Å². The first kappa shape index (κ1) is 18.2. The number of benzene rings is 1. The molecule has 1 saturated heterocycles. The van der Waals surface area contributed by atoms with Gasteiger partial charge in [0.05, 0.1) is 24.7 Å². The minimum atomic E-state index is -0.525. The van der Waals surface area contributed by atoms with E-state index in [2.05, 4.69) is 25.6 Å². The van der Waals surface area contributed by atoms with Gasteiger partial charge in [0.25, 0.3) is 5.96 Å². The lowest BCUT2D eigenvalue weighted by molar-refractivity contribution is -0.918. The highest BCUT2D eigenvalue weighted by Crippen LogP contribution is 2.38. The van der Waals surface area contributed by atoms with E-state index in [9.17, 15) is 4.79 Å². The molecule has 150 valence electrons. The van der Waals surface area contributed by atoms with Gasteiger partial charge in [-0.25, -0.2) is 0 Å². The van der Waals surface area contributed by atoms with Crippen molar-refractivity contribution in [3.8, 4) is 0 Å². The Kier molecular flexibility index (Phi) is 3.95. The Hall–Kier alpha value is -2.88. The van der Waals surface area contributed by atoms with Gasteiger partial charge in [-0.3, -0.25) is 9.79 Å². The van der Waals surface area contributed by atoms with E-state index in [0.29, 0.717) is 5.96 Å². The van der Waals surface area contributed by atoms with E-state index in [0.717, 1.165) is 48.7 Å². The molecule has 0 spiro atoms. The maximum Gasteiger partial charge on any atom is 0.301 e. The van der Waals surface area contributed by atoms with Crippen molar-refractivity contribution in [1.82, 2.24) is 5.01 Å². The first-order valence-electron chi connectivity index (χ1n) is 9.92. The highest BCUT2D eigenvalue weighted by molar-refractivity contribution is 6.30. The van der Waals surface area contributed by atoms with E-state index < -0.39 is 5.41 Å². The van der Waals surface area contributed by atoms with Crippen LogP contribution in [0.5, 0.6) is 0 Å². The van der Waals surface area contributed by atoms with Crippen LogP contribution in [0.2, 0.25) is 0 Å². The van der Waals surface area contributed by atoms with Crippen molar-refractivity contribution < 1.29 is 9.50 Å². The Labute approximate surface area is 169 Å². The number of hydrogen-bond donors (Lipinski definition) is 3. The topological polar surface area (TPSA) is 107 Å². The predicted octanol–water partition coefficient (Wildman–Crippen LogP) is 1.72. The summed E-state index contributed by atoms with van der Waals surface area (Å²) in [5, 5.41) is 13.3. The van der Waals surface area contributed by atoms with Crippen molar-refractivity contribution >= 4 is 35.3 Å². The Bertz CT molecular complexity index is 1010. The highest BCUT2D eigenvalue weighted by atomic mass is 16.2. The van der Waals surface area contributed by atoms with E-state index in [1.807, 2.05) is 38.2 Å². The number of guanidine groups is 1. The van der Waals surface area contributed by atoms with Gasteiger partial charge in [0.2, 0.25) is 5.91 Å². The Morgan fingerprint density at radius 1 is 1.38 bits per heavy atom. The number of nitrogens with one attached hydrogen (secondary N) is 2. The summed E-state index contributed by atoms with van der Waals surface area (Å²) in [6, 6.07) is 5.97. The fourth-order valence-electron chi connectivity index (χ4n) is 4.29. The molecular weight excluding hydrogens is 368 g/mol. The standard InChI is InChI=1S/C20H24N8O/c1-20(2)15-6-5-14(10-16(15)24-18(20)29)23-19-25-17-11-22-7-9-28(17,26-19)27-8-3-4-13(21)12-27/h5-7,9-11,13H,3-4,8,12,21H2,1-2H3,(H-,23,24,26,29)/p+1/t13-,28?/m0/s1. The zero-order chi connectivity index (χ0) is 20.2. The van der Waals surface area contributed by atoms with E-state index in [1.165, 1.54) is 0 Å². The van der Waals surface area contributed by atoms with Crippen molar-refractivity contribution in [2.24, 2.45) is 20.8 Å². The van der Waals surface area contributed by atoms with Gasteiger partial charge < -0.3 is 16.4 Å². The molecule has 4 heterocycles. The van der Waals surface area contributed by atoms with Crippen LogP contribution < -0.4 is 16.4 Å². The van der Waals surface area contributed by atoms with Gasteiger partial charge in [-0.15, -0.1) is 10.0 Å². The minimum absolute atomic E-state index is 0.00697. The maximum atomic E-state index is 12.2. The zero-order valence-electron chi connectivity index (χ0n) is 16.6. The number of aliphatic imine (C=N–C) groups is 2. The molecule has 0 bridgehead atoms. The van der Waals surface area contributed by atoms with Crippen molar-refractivity contribution in [3.63, 3.8) is 0 Å². The molecule has 0 aliphatic carbocycles. The normalized spacial score (nSPS) is 29.8. The predicted molar refractivity (Wildman–Crippen MR) is 113 cm³/mol. The molecule has 9 heteroatoms. The number of fused-ring (bicyclic) bond motifs is 2. The molecule has 5 rings (SSSR count). The fraction of sp³-hybridized carbons (Fsp3) is 0.400. The number of nitrogens with zero attached hydrogens (tertiary/aromatic N) is 5. The number of amidine groups is 1. The lowest BCUT2D eigenvalue weighted by Gasteiger charge is -2.38. The lowest BCUT2D eigenvalue weighted by atomic mass is 9.86. The van der Waals surface area contributed by atoms with Gasteiger partial charge in [-0.1, -0.05) is 6.07 Å². The number of carbonyl (C=O) groups excluding carboxylic acids is 1. The largest absolute Gasteiger partial charge is 0.326 e. The molecule has 4 aliphatic heterocycles. The number of rotatable bonds is 2. The maximum absolute atomic E-state index is 12.2. The number of anilines is 2. The van der Waals surface area contributed by atoms with E-state index in [4.69, 9.17) is 10.8 Å². The average Bonchev–Trinajstić information content (AvgIpc) is 3.17. The molecular formula is C20H25N8O+. The van der Waals surface area contributed by atoms with Crippen LogP contribution in [0.3, 0.4) is 0 Å². The highest BCUT2D eigenvalue weighted by Gasteiger charge is 2.48. The molecule has 1 aromatic carbocycles. The second-order valence-electron chi connectivity index (χ2n) is 8.40. The molecule has 2 atom stereocenters. The summed E-state index contributed by atoms with van der Waals surface area (Å²) in [5.74, 6) is 1.24. The summed E-state index contributed by atoms with van der Waals surface area (Å²) in [4.78, 5) is 21.1. The third-order valence-electron chi connectivity index (χ3n) is 5.99. The third-order valence-corrected chi connectivity index (χ3v) is 5.99. The van der Waals surface area contributed by atoms with E-state index in [1.54, 1.807) is 12.4 Å². The minimum Gasteiger partial charge on any atom is -0.326 e. The number of quaternary nitrogens is 1. The fourth-order valence-corrected chi connectivity index (χ4v) is 4.29. The molecule has 1 amide bonds. The van der Waals surface area contributed by atoms with Crippen molar-refractivity contribution in [2.75, 3.05) is 23.7 Å². The Morgan fingerprint density at radius 2 is 2.24 bits per heavy atom. The molecule has 0 radical (unpaired) electrons. The van der Waals surface area contributed by atoms with Crippen molar-refractivity contribution in [3.05, 3.63) is 36.2 Å². The quantitative estimate of drug-likeness (QED) is 0.665. The van der Waals surface area contributed by atoms with Crippen LogP contribution in [0.1, 0.15) is 32.3 Å². The SMILES string of the molecule is CC1(C)C(=O)Nc2cc(NC3=N[N+]4(N5CCC[C@H](N)C5)C=CN=CC4=N3)ccc21. The summed E-state index contributed by atoms with van der Waals surface area (Å²) in [6.07, 6.45) is 7.46. The summed E-state index contributed by atoms with van der Waals surface area (Å²) < 4.78 is 0.161. The summed E-state index contributed by atoms with van der Waals surface area (Å²) in [6.45, 7) is 5.49. The van der Waals surface area contributed by atoms with Gasteiger partial charge in [0.1, 0.15) is 6.21 Å². The summed E-state index contributed by atoms with van der Waals surface area (Å²) in [5.41, 5.74) is 8.31. The average molecular weight is 393 g/mol. The summed E-state index contributed by atoms with van der Waals surface area (Å²) >= 11 is 0. The summed E-state index contributed by atoms with van der Waals surface area (Å²) in [7, 11) is 0. The van der Waals surface area contributed by atoms with Gasteiger partial charge in [0.15, 0.2) is 6.20 Å². The number of amides is 1. The van der Waals surface area contributed by atoms with Crippen LogP contribution in [0.25, 0.3) is 0 Å². The van der Waals surface area contributed by atoms with E-state index in [-0.39, 0.29) is 16.7 Å². The molecule has 0 aromatic heterocycles. The van der Waals surface area contributed by atoms with Crippen LogP contribution in [0, 0.1) is 0 Å². The molecule has 1 unspecified atom stereocenters. The Morgan fingerprint density at radius 3 is 3.07 bits per heavy atom. The molecule has 0 saturated carbocycles. The second kappa shape index (κ2) is 6.31. The second-order valence-corrected chi connectivity index (χ2v) is 8.40. The van der Waals surface area contributed by atoms with Gasteiger partial charge in [0, 0.05) is 17.4 Å². The molecule has 1 fully saturated rings. The number of hydrogen-bond acceptors (Lipinski definition) is 7. The van der Waals surface area contributed by atoms with Crippen LogP contribution in [0.4, 0.5) is 11.4 Å². The lowest BCUT2D eigenvalue weighted by Crippen LogP contribution is -2.61. The monoisotopic (exact) mass is 393 g/mol. The number of piperidine rings is 1.